The molecule has 10 nitrogen and oxygen atoms in total. The number of non-ortho nitro benzene ring substituents is 1. The lowest BCUT2D eigenvalue weighted by Crippen LogP contribution is -2.19. The monoisotopic (exact) mass is 352 g/mol. The number of ether oxygens (including phenoxy) is 1. The second-order valence-electron chi connectivity index (χ2n) is 5.01. The fourth-order valence-electron chi connectivity index (χ4n) is 2.01. The lowest BCUT2D eigenvalue weighted by molar-refractivity contribution is -0.384. The van der Waals surface area contributed by atoms with Gasteiger partial charge in [0.1, 0.15) is 17.3 Å². The van der Waals surface area contributed by atoms with Crippen LogP contribution in [0.5, 0.6) is 5.75 Å². The van der Waals surface area contributed by atoms with E-state index in [-0.39, 0.29) is 17.4 Å². The minimum absolute atomic E-state index is 0.00469. The normalized spacial score (nSPS) is 10.2. The molecule has 0 radical (unpaired) electrons. The summed E-state index contributed by atoms with van der Waals surface area (Å²) in [6.07, 6.45) is 0.765. The number of hydrogen-bond acceptors (Lipinski definition) is 8. The quantitative estimate of drug-likeness (QED) is 0.559. The molecular weight excluding hydrogens is 340 g/mol. The number of anilines is 1. The number of carbonyl (C=O) groups excluding carboxylic acids is 1. The van der Waals surface area contributed by atoms with Crippen molar-refractivity contribution in [2.24, 2.45) is 0 Å². The zero-order valence-electron chi connectivity index (χ0n) is 13.5. The molecule has 1 N–H and O–H groups in total. The summed E-state index contributed by atoms with van der Waals surface area (Å²) in [7, 11) is 0. The summed E-state index contributed by atoms with van der Waals surface area (Å²) in [6, 6.07) is 10.4. The first-order chi connectivity index (χ1) is 12.5. The number of pyridine rings is 1. The molecule has 0 aliphatic heterocycles. The van der Waals surface area contributed by atoms with Crippen LogP contribution in [0.4, 0.5) is 16.4 Å². The van der Waals surface area contributed by atoms with Gasteiger partial charge < -0.3 is 4.74 Å². The van der Waals surface area contributed by atoms with E-state index in [2.05, 4.69) is 25.3 Å². The molecule has 0 aliphatic rings. The SMILES string of the molecule is Cc1nc(NC(=O)Oc2ccc([N+](=O)[O-])cc2)nc(-c2ccccn2)n1. The van der Waals surface area contributed by atoms with Crippen molar-refractivity contribution in [3.05, 3.63) is 64.6 Å². The van der Waals surface area contributed by atoms with Gasteiger partial charge >= 0.3 is 6.09 Å². The molecule has 130 valence electrons. The van der Waals surface area contributed by atoms with E-state index in [0.717, 1.165) is 0 Å². The number of nitrogens with one attached hydrogen (secondary N) is 1. The highest BCUT2D eigenvalue weighted by Gasteiger charge is 2.12. The van der Waals surface area contributed by atoms with Crippen molar-refractivity contribution < 1.29 is 14.5 Å². The van der Waals surface area contributed by atoms with E-state index >= 15 is 0 Å². The molecule has 0 fully saturated rings. The van der Waals surface area contributed by atoms with Crippen LogP contribution in [0, 0.1) is 17.0 Å². The van der Waals surface area contributed by atoms with Gasteiger partial charge in [-0.3, -0.25) is 20.4 Å². The van der Waals surface area contributed by atoms with E-state index in [0.29, 0.717) is 17.3 Å². The van der Waals surface area contributed by atoms with Crippen molar-refractivity contribution in [3.8, 4) is 17.3 Å². The molecular formula is C16H12N6O4. The van der Waals surface area contributed by atoms with Crippen molar-refractivity contribution in [1.29, 1.82) is 0 Å². The van der Waals surface area contributed by atoms with E-state index in [1.54, 1.807) is 31.3 Å². The molecule has 0 spiro atoms. The molecule has 0 unspecified atom stereocenters. The Labute approximate surface area is 147 Å². The average molecular weight is 352 g/mol. The highest BCUT2D eigenvalue weighted by Crippen LogP contribution is 2.18. The summed E-state index contributed by atoms with van der Waals surface area (Å²) in [5, 5.41) is 13.0. The Morgan fingerprint density at radius 3 is 2.54 bits per heavy atom. The fourth-order valence-corrected chi connectivity index (χ4v) is 2.01. The van der Waals surface area contributed by atoms with E-state index in [4.69, 9.17) is 4.74 Å². The third-order valence-corrected chi connectivity index (χ3v) is 3.11. The summed E-state index contributed by atoms with van der Waals surface area (Å²) < 4.78 is 5.05. The number of rotatable bonds is 4. The fraction of sp³-hybridized carbons (Fsp3) is 0.0625. The van der Waals surface area contributed by atoms with Gasteiger partial charge in [0, 0.05) is 18.3 Å². The summed E-state index contributed by atoms with van der Waals surface area (Å²) in [5.74, 6) is 0.851. The van der Waals surface area contributed by atoms with Gasteiger partial charge in [0.05, 0.1) is 4.92 Å². The van der Waals surface area contributed by atoms with Crippen LogP contribution in [0.3, 0.4) is 0 Å². The van der Waals surface area contributed by atoms with Gasteiger partial charge in [-0.15, -0.1) is 0 Å². The molecule has 1 amide bonds. The molecule has 1 aromatic carbocycles. The third-order valence-electron chi connectivity index (χ3n) is 3.11. The third kappa shape index (κ3) is 4.12. The summed E-state index contributed by atoms with van der Waals surface area (Å²) in [4.78, 5) is 38.5. The second-order valence-corrected chi connectivity index (χ2v) is 5.01. The van der Waals surface area contributed by atoms with Crippen LogP contribution in [-0.2, 0) is 0 Å². The topological polar surface area (TPSA) is 133 Å². The highest BCUT2D eigenvalue weighted by atomic mass is 16.6. The minimum Gasteiger partial charge on any atom is -0.410 e. The maximum absolute atomic E-state index is 12.0. The Morgan fingerprint density at radius 1 is 1.12 bits per heavy atom. The maximum atomic E-state index is 12.0. The zero-order chi connectivity index (χ0) is 18.5. The number of aromatic nitrogens is 4. The lowest BCUT2D eigenvalue weighted by Gasteiger charge is -2.07. The molecule has 0 bridgehead atoms. The van der Waals surface area contributed by atoms with Crippen LogP contribution < -0.4 is 10.1 Å². The Bertz CT molecular complexity index is 947. The standard InChI is InChI=1S/C16H12N6O4/c1-10-18-14(13-4-2-3-9-17-13)20-15(19-10)21-16(23)26-12-7-5-11(6-8-12)22(24)25/h2-9H,1H3,(H,18,19,20,21,23). The molecule has 26 heavy (non-hydrogen) atoms. The Balaban J connectivity index is 1.73. The van der Waals surface area contributed by atoms with Crippen LogP contribution >= 0.6 is 0 Å². The van der Waals surface area contributed by atoms with Gasteiger partial charge in [-0.2, -0.15) is 9.97 Å². The molecule has 2 aromatic heterocycles. The van der Waals surface area contributed by atoms with Gasteiger partial charge in [-0.05, 0) is 31.2 Å². The summed E-state index contributed by atoms with van der Waals surface area (Å²) in [6.45, 7) is 1.65. The number of hydrogen-bond donors (Lipinski definition) is 1. The first kappa shape index (κ1) is 16.9. The molecule has 0 atom stereocenters. The van der Waals surface area contributed by atoms with Crippen LogP contribution in [0.25, 0.3) is 11.5 Å². The average Bonchev–Trinajstić information content (AvgIpc) is 2.62. The molecule has 2 heterocycles. The lowest BCUT2D eigenvalue weighted by atomic mass is 10.3. The number of aryl methyl sites for hydroxylation is 1. The Hall–Kier alpha value is -3.95. The number of nitrogens with zero attached hydrogens (tertiary/aromatic N) is 5. The van der Waals surface area contributed by atoms with E-state index in [1.165, 1.54) is 24.3 Å². The van der Waals surface area contributed by atoms with Crippen molar-refractivity contribution in [3.63, 3.8) is 0 Å². The van der Waals surface area contributed by atoms with Gasteiger partial charge in [0.2, 0.25) is 5.95 Å². The zero-order valence-corrected chi connectivity index (χ0v) is 13.5. The smallest absolute Gasteiger partial charge is 0.410 e. The maximum Gasteiger partial charge on any atom is 0.419 e. The van der Waals surface area contributed by atoms with Gasteiger partial charge in [0.15, 0.2) is 5.82 Å². The minimum atomic E-state index is -0.837. The first-order valence-corrected chi connectivity index (χ1v) is 7.38. The number of benzene rings is 1. The highest BCUT2D eigenvalue weighted by molar-refractivity contribution is 5.84. The molecule has 3 rings (SSSR count). The summed E-state index contributed by atoms with van der Waals surface area (Å²) >= 11 is 0. The van der Waals surface area contributed by atoms with Crippen LogP contribution in [0.1, 0.15) is 5.82 Å². The van der Waals surface area contributed by atoms with Crippen molar-refractivity contribution >= 4 is 17.7 Å². The number of nitro groups is 1. The van der Waals surface area contributed by atoms with E-state index in [9.17, 15) is 14.9 Å². The van der Waals surface area contributed by atoms with Gasteiger partial charge in [-0.1, -0.05) is 6.07 Å². The van der Waals surface area contributed by atoms with Gasteiger partial charge in [-0.25, -0.2) is 9.78 Å². The second kappa shape index (κ2) is 7.30. The number of carbonyl (C=O) groups is 1. The van der Waals surface area contributed by atoms with E-state index in [1.807, 2.05) is 0 Å². The molecule has 3 aromatic rings. The molecule has 0 saturated heterocycles. The van der Waals surface area contributed by atoms with Crippen molar-refractivity contribution in [2.45, 2.75) is 6.92 Å². The first-order valence-electron chi connectivity index (χ1n) is 7.38. The predicted octanol–water partition coefficient (Wildman–Crippen LogP) is 2.76. The number of nitro benzene ring substituents is 1. The molecule has 0 aliphatic carbocycles. The van der Waals surface area contributed by atoms with Crippen LogP contribution in [-0.4, -0.2) is 31.0 Å². The Morgan fingerprint density at radius 2 is 1.88 bits per heavy atom. The van der Waals surface area contributed by atoms with Crippen LogP contribution in [0.2, 0.25) is 0 Å². The molecule has 0 saturated carbocycles. The van der Waals surface area contributed by atoms with Crippen molar-refractivity contribution in [1.82, 2.24) is 19.9 Å². The van der Waals surface area contributed by atoms with Crippen LogP contribution in [0.15, 0.2) is 48.7 Å². The predicted molar refractivity (Wildman–Crippen MR) is 90.5 cm³/mol. The largest absolute Gasteiger partial charge is 0.419 e. The van der Waals surface area contributed by atoms with Gasteiger partial charge in [0.25, 0.3) is 5.69 Å². The number of amides is 1. The van der Waals surface area contributed by atoms with E-state index < -0.39 is 11.0 Å². The Kier molecular flexibility index (Phi) is 4.74. The summed E-state index contributed by atoms with van der Waals surface area (Å²) in [5.41, 5.74) is 0.427. The molecule has 10 heteroatoms. The van der Waals surface area contributed by atoms with Crippen molar-refractivity contribution in [2.75, 3.05) is 5.32 Å².